The average Bonchev–Trinajstić information content (AvgIpc) is 3.15. The molecule has 0 aliphatic carbocycles. The third-order valence-corrected chi connectivity index (χ3v) is 7.61. The number of methoxy groups -OCH3 is 2. The van der Waals surface area contributed by atoms with Crippen molar-refractivity contribution < 1.29 is 19.2 Å². The highest BCUT2D eigenvalue weighted by Crippen LogP contribution is 2.39. The Balaban J connectivity index is 1.26. The summed E-state index contributed by atoms with van der Waals surface area (Å²) < 4.78 is 12.7. The molecule has 43 heavy (non-hydrogen) atoms. The molecule has 10 heteroatoms. The van der Waals surface area contributed by atoms with Crippen LogP contribution in [0.15, 0.2) is 89.9 Å². The highest BCUT2D eigenvalue weighted by Gasteiger charge is 2.22. The molecule has 0 saturated heterocycles. The van der Waals surface area contributed by atoms with Gasteiger partial charge in [0.1, 0.15) is 5.75 Å². The van der Waals surface area contributed by atoms with Gasteiger partial charge in [0.15, 0.2) is 5.75 Å². The van der Waals surface area contributed by atoms with Crippen LogP contribution in [0.2, 0.25) is 0 Å². The Hall–Kier alpha value is -5.64. The van der Waals surface area contributed by atoms with Crippen molar-refractivity contribution in [1.82, 2.24) is 4.57 Å². The van der Waals surface area contributed by atoms with Gasteiger partial charge in [0.05, 0.1) is 41.8 Å². The molecule has 0 atom stereocenters. The van der Waals surface area contributed by atoms with Crippen LogP contribution >= 0.6 is 0 Å². The predicted octanol–water partition coefficient (Wildman–Crippen LogP) is 6.54. The van der Waals surface area contributed by atoms with E-state index in [4.69, 9.17) is 9.47 Å². The number of carbonyl (C=O) groups excluding carboxylic acids is 1. The maximum atomic E-state index is 13.2. The fraction of sp³-hybridized carbons (Fsp3) is 0.152. The summed E-state index contributed by atoms with van der Waals surface area (Å²) in [6, 6.07) is 23.2. The van der Waals surface area contributed by atoms with Crippen molar-refractivity contribution in [3.63, 3.8) is 0 Å². The van der Waals surface area contributed by atoms with Crippen LogP contribution in [-0.4, -0.2) is 29.6 Å². The number of rotatable bonds is 8. The maximum Gasteiger partial charge on any atom is 0.310 e. The van der Waals surface area contributed by atoms with Crippen molar-refractivity contribution in [1.29, 1.82) is 0 Å². The molecular weight excluding hydrogens is 548 g/mol. The minimum absolute atomic E-state index is 0.0478. The number of nitrogens with one attached hydrogen (secondary N) is 2. The molecule has 216 valence electrons. The number of amides is 1. The zero-order chi connectivity index (χ0) is 30.1. The summed E-state index contributed by atoms with van der Waals surface area (Å²) in [4.78, 5) is 36.7. The molecule has 1 aliphatic rings. The lowest BCUT2D eigenvalue weighted by Gasteiger charge is -2.16. The average molecular weight is 577 g/mol. The quantitative estimate of drug-likeness (QED) is 0.159. The largest absolute Gasteiger partial charge is 0.496 e. The summed E-state index contributed by atoms with van der Waals surface area (Å²) in [5.74, 6) is 0.537. The number of hydrogen-bond acceptors (Lipinski definition) is 7. The second-order valence-electron chi connectivity index (χ2n) is 10.2. The van der Waals surface area contributed by atoms with E-state index >= 15 is 0 Å². The number of nitro groups is 1. The van der Waals surface area contributed by atoms with Gasteiger partial charge in [0.25, 0.3) is 11.5 Å². The van der Waals surface area contributed by atoms with Gasteiger partial charge in [-0.2, -0.15) is 0 Å². The third kappa shape index (κ3) is 5.38. The Bertz CT molecular complexity index is 1970. The highest BCUT2D eigenvalue weighted by atomic mass is 16.6. The summed E-state index contributed by atoms with van der Waals surface area (Å²) in [6.07, 6.45) is 3.20. The van der Waals surface area contributed by atoms with Crippen LogP contribution in [0.5, 0.6) is 11.5 Å². The van der Waals surface area contributed by atoms with Gasteiger partial charge in [0, 0.05) is 30.9 Å². The number of fused-ring (bicyclic) bond motifs is 3. The zero-order valence-corrected chi connectivity index (χ0v) is 23.5. The van der Waals surface area contributed by atoms with Gasteiger partial charge in [-0.3, -0.25) is 19.7 Å². The van der Waals surface area contributed by atoms with E-state index in [0.29, 0.717) is 53.3 Å². The fourth-order valence-electron chi connectivity index (χ4n) is 5.41. The maximum absolute atomic E-state index is 13.2. The fourth-order valence-corrected chi connectivity index (χ4v) is 5.41. The summed E-state index contributed by atoms with van der Waals surface area (Å²) in [5.41, 5.74) is 4.49. The number of aryl methyl sites for hydroxylation is 2. The van der Waals surface area contributed by atoms with Crippen molar-refractivity contribution in [2.75, 3.05) is 24.9 Å². The van der Waals surface area contributed by atoms with Crippen LogP contribution in [0.4, 0.5) is 22.7 Å². The van der Waals surface area contributed by atoms with E-state index in [-0.39, 0.29) is 22.9 Å². The number of hydrogen-bond donors (Lipinski definition) is 2. The van der Waals surface area contributed by atoms with Crippen LogP contribution in [0.25, 0.3) is 21.9 Å². The van der Waals surface area contributed by atoms with Gasteiger partial charge in [0.2, 0.25) is 0 Å². The third-order valence-electron chi connectivity index (χ3n) is 7.61. The van der Waals surface area contributed by atoms with Crippen molar-refractivity contribution in [3.8, 4) is 22.6 Å². The molecule has 0 spiro atoms. The molecule has 1 aromatic heterocycles. The van der Waals surface area contributed by atoms with E-state index in [2.05, 4.69) is 10.6 Å². The van der Waals surface area contributed by atoms with E-state index in [1.165, 1.54) is 13.2 Å². The lowest BCUT2D eigenvalue weighted by molar-refractivity contribution is -0.385. The SMILES string of the molecule is COc1cc2c(cc1CCCn1cc3ccccc3cc1=O)NC(=O)c1ccc(-c3ccc([N+](=O)[O-])c(OC)c3)cc1N2. The summed E-state index contributed by atoms with van der Waals surface area (Å²) in [7, 11) is 2.99. The molecule has 10 nitrogen and oxygen atoms in total. The lowest BCUT2D eigenvalue weighted by Crippen LogP contribution is -2.18. The second kappa shape index (κ2) is 11.3. The van der Waals surface area contributed by atoms with Crippen molar-refractivity contribution in [2.24, 2.45) is 0 Å². The molecule has 0 unspecified atom stereocenters. The number of nitro benzene ring substituents is 1. The van der Waals surface area contributed by atoms with Crippen LogP contribution < -0.4 is 25.7 Å². The second-order valence-corrected chi connectivity index (χ2v) is 10.2. The summed E-state index contributed by atoms with van der Waals surface area (Å²) in [6.45, 7) is 0.538. The van der Waals surface area contributed by atoms with E-state index in [9.17, 15) is 19.7 Å². The van der Waals surface area contributed by atoms with Crippen molar-refractivity contribution >= 4 is 39.4 Å². The molecule has 0 radical (unpaired) electrons. The molecule has 0 saturated carbocycles. The Labute approximate surface area is 246 Å². The van der Waals surface area contributed by atoms with E-state index in [1.807, 2.05) is 48.7 Å². The summed E-state index contributed by atoms with van der Waals surface area (Å²) >= 11 is 0. The minimum atomic E-state index is -0.493. The first-order chi connectivity index (χ1) is 20.8. The predicted molar refractivity (Wildman–Crippen MR) is 166 cm³/mol. The molecule has 5 aromatic rings. The van der Waals surface area contributed by atoms with Crippen LogP contribution in [0.3, 0.4) is 0 Å². The number of pyridine rings is 1. The summed E-state index contributed by atoms with van der Waals surface area (Å²) in [5, 5.41) is 19.6. The molecule has 0 fully saturated rings. The first-order valence-electron chi connectivity index (χ1n) is 13.7. The topological polar surface area (TPSA) is 125 Å². The number of ether oxygens (including phenoxy) is 2. The van der Waals surface area contributed by atoms with Gasteiger partial charge in [-0.05, 0) is 70.6 Å². The van der Waals surface area contributed by atoms with E-state index < -0.39 is 4.92 Å². The Kier molecular flexibility index (Phi) is 7.25. The van der Waals surface area contributed by atoms with Crippen molar-refractivity contribution in [3.05, 3.63) is 117 Å². The zero-order valence-electron chi connectivity index (χ0n) is 23.5. The number of aromatic nitrogens is 1. The van der Waals surface area contributed by atoms with Gasteiger partial charge in [-0.25, -0.2) is 0 Å². The number of carbonyl (C=O) groups is 1. The molecule has 6 rings (SSSR count). The number of anilines is 3. The van der Waals surface area contributed by atoms with E-state index in [1.54, 1.807) is 42.0 Å². The molecule has 4 aromatic carbocycles. The van der Waals surface area contributed by atoms with E-state index in [0.717, 1.165) is 21.9 Å². The Morgan fingerprint density at radius 1 is 0.791 bits per heavy atom. The first kappa shape index (κ1) is 27.5. The number of nitrogens with zero attached hydrogens (tertiary/aromatic N) is 2. The standard InChI is InChI=1S/C33H28N4O6/c1-42-30-18-28-27(15-23(30)8-5-13-36-19-24-7-4-3-6-20(24)17-32(36)38)35-33(39)25-11-9-21(14-26(25)34-28)22-10-12-29(37(40)41)31(16-22)43-2/h3-4,6-7,9-12,14-19,34H,5,8,13H2,1-2H3,(H,35,39). The van der Waals surface area contributed by atoms with Gasteiger partial charge >= 0.3 is 5.69 Å². The van der Waals surface area contributed by atoms with Crippen LogP contribution in [0, 0.1) is 10.1 Å². The smallest absolute Gasteiger partial charge is 0.310 e. The van der Waals surface area contributed by atoms with Gasteiger partial charge < -0.3 is 24.7 Å². The number of benzene rings is 4. The first-order valence-corrected chi connectivity index (χ1v) is 13.7. The lowest BCUT2D eigenvalue weighted by atomic mass is 10.0. The van der Waals surface area contributed by atoms with Crippen molar-refractivity contribution in [2.45, 2.75) is 19.4 Å². The van der Waals surface area contributed by atoms with Crippen LogP contribution in [-0.2, 0) is 13.0 Å². The molecule has 1 amide bonds. The Morgan fingerprint density at radius 3 is 2.28 bits per heavy atom. The van der Waals surface area contributed by atoms with Crippen LogP contribution in [0.1, 0.15) is 22.3 Å². The minimum Gasteiger partial charge on any atom is -0.496 e. The molecular formula is C33H28N4O6. The monoisotopic (exact) mass is 576 g/mol. The normalized spacial score (nSPS) is 12.0. The molecule has 1 aliphatic heterocycles. The highest BCUT2D eigenvalue weighted by molar-refractivity contribution is 6.12. The van der Waals surface area contributed by atoms with Gasteiger partial charge in [-0.15, -0.1) is 0 Å². The van der Waals surface area contributed by atoms with Gasteiger partial charge in [-0.1, -0.05) is 30.3 Å². The Morgan fingerprint density at radius 2 is 1.51 bits per heavy atom. The molecule has 2 N–H and O–H groups in total. The molecule has 2 heterocycles. The molecule has 0 bridgehead atoms.